The number of carbonyl (C=O) groups is 1. The lowest BCUT2D eigenvalue weighted by Gasteiger charge is -2.37. The summed E-state index contributed by atoms with van der Waals surface area (Å²) in [5.41, 5.74) is 1.06. The molecule has 2 fully saturated rings. The molecule has 2 aromatic heterocycles. The highest BCUT2D eigenvalue weighted by Crippen LogP contribution is 2.39. The summed E-state index contributed by atoms with van der Waals surface area (Å²) in [5, 5.41) is 3.54. The molecule has 1 aliphatic carbocycles. The quantitative estimate of drug-likeness (QED) is 0.769. The van der Waals surface area contributed by atoms with Crippen LogP contribution in [0.1, 0.15) is 29.0 Å². The number of methoxy groups -OCH3 is 2. The van der Waals surface area contributed by atoms with E-state index < -0.39 is 5.97 Å². The monoisotopic (exact) mass is 397 g/mol. The molecule has 1 aliphatic heterocycles. The van der Waals surface area contributed by atoms with E-state index in [2.05, 4.69) is 25.2 Å². The zero-order chi connectivity index (χ0) is 20.4. The number of esters is 1. The summed E-state index contributed by atoms with van der Waals surface area (Å²) in [6.45, 7) is 3.60. The molecule has 8 heteroatoms. The van der Waals surface area contributed by atoms with Crippen molar-refractivity contribution in [3.63, 3.8) is 0 Å². The lowest BCUT2D eigenvalue weighted by Crippen LogP contribution is -2.44. The lowest BCUT2D eigenvalue weighted by molar-refractivity contribution is 0.0305. The Labute approximate surface area is 170 Å². The van der Waals surface area contributed by atoms with E-state index in [1.54, 1.807) is 19.4 Å². The minimum absolute atomic E-state index is 0.127. The number of anilines is 2. The summed E-state index contributed by atoms with van der Waals surface area (Å²) < 4.78 is 10.6. The standard InChI is InChI=1S/C21H27N5O3/c1-13-8-17(20(27)29-3)25-21(23-13)26-11-14-9-16(18(28-2)10-15(14)12-26)24-19-6-4-5-7-22-19/h4-8,14-16,18H,9-12H2,1-3H3,(H,22,24)/t14-,15+,16-,18-/m1/s1. The van der Waals surface area contributed by atoms with E-state index >= 15 is 0 Å². The molecule has 0 unspecified atom stereocenters. The van der Waals surface area contributed by atoms with Crippen LogP contribution in [0.3, 0.4) is 0 Å². The van der Waals surface area contributed by atoms with Gasteiger partial charge in [0.25, 0.3) is 0 Å². The van der Waals surface area contributed by atoms with Crippen molar-refractivity contribution >= 4 is 17.7 Å². The van der Waals surface area contributed by atoms with Crippen LogP contribution in [0.25, 0.3) is 0 Å². The van der Waals surface area contributed by atoms with Crippen molar-refractivity contribution in [3.8, 4) is 0 Å². The van der Waals surface area contributed by atoms with Crippen LogP contribution in [0.5, 0.6) is 0 Å². The molecule has 4 atom stereocenters. The molecule has 0 radical (unpaired) electrons. The number of hydrogen-bond donors (Lipinski definition) is 1. The maximum absolute atomic E-state index is 11.9. The zero-order valence-corrected chi connectivity index (χ0v) is 17.0. The number of ether oxygens (including phenoxy) is 2. The number of nitrogens with zero attached hydrogens (tertiary/aromatic N) is 4. The predicted octanol–water partition coefficient (Wildman–Crippen LogP) is 2.31. The Balaban J connectivity index is 1.50. The first-order valence-electron chi connectivity index (χ1n) is 9.96. The van der Waals surface area contributed by atoms with E-state index in [9.17, 15) is 4.79 Å². The molecule has 2 aromatic rings. The van der Waals surface area contributed by atoms with E-state index in [0.717, 1.165) is 37.4 Å². The molecule has 8 nitrogen and oxygen atoms in total. The molecule has 0 aromatic carbocycles. The first kappa shape index (κ1) is 19.6. The Hall–Kier alpha value is -2.74. The highest BCUT2D eigenvalue weighted by atomic mass is 16.5. The first-order chi connectivity index (χ1) is 14.1. The van der Waals surface area contributed by atoms with Gasteiger partial charge in [-0.1, -0.05) is 6.07 Å². The third-order valence-electron chi connectivity index (χ3n) is 5.94. The van der Waals surface area contributed by atoms with Crippen molar-refractivity contribution in [1.82, 2.24) is 15.0 Å². The molecular weight excluding hydrogens is 370 g/mol. The van der Waals surface area contributed by atoms with Crippen molar-refractivity contribution in [3.05, 3.63) is 41.9 Å². The van der Waals surface area contributed by atoms with Crippen molar-refractivity contribution in [2.75, 3.05) is 37.5 Å². The van der Waals surface area contributed by atoms with Gasteiger partial charge < -0.3 is 19.7 Å². The van der Waals surface area contributed by atoms with Crippen LogP contribution < -0.4 is 10.2 Å². The van der Waals surface area contributed by atoms with Gasteiger partial charge in [0.2, 0.25) is 5.95 Å². The molecule has 4 rings (SSSR count). The van der Waals surface area contributed by atoms with Gasteiger partial charge in [-0.05, 0) is 49.8 Å². The maximum Gasteiger partial charge on any atom is 0.356 e. The smallest absolute Gasteiger partial charge is 0.356 e. The fourth-order valence-corrected chi connectivity index (χ4v) is 4.53. The van der Waals surface area contributed by atoms with E-state index in [4.69, 9.17) is 9.47 Å². The van der Waals surface area contributed by atoms with Crippen LogP contribution in [0, 0.1) is 18.8 Å². The molecule has 1 saturated carbocycles. The second-order valence-corrected chi connectivity index (χ2v) is 7.82. The number of fused-ring (bicyclic) bond motifs is 1. The third kappa shape index (κ3) is 4.17. The Morgan fingerprint density at radius 1 is 1.17 bits per heavy atom. The normalized spacial score (nSPS) is 26.1. The Kier molecular flexibility index (Phi) is 5.62. The highest BCUT2D eigenvalue weighted by Gasteiger charge is 2.43. The summed E-state index contributed by atoms with van der Waals surface area (Å²) in [6, 6.07) is 7.74. The summed E-state index contributed by atoms with van der Waals surface area (Å²) in [6.07, 6.45) is 3.88. The Morgan fingerprint density at radius 3 is 2.66 bits per heavy atom. The van der Waals surface area contributed by atoms with Gasteiger partial charge in [0, 0.05) is 32.1 Å². The molecule has 0 amide bonds. The van der Waals surface area contributed by atoms with E-state index in [1.807, 2.05) is 25.1 Å². The number of aromatic nitrogens is 3. The first-order valence-corrected chi connectivity index (χ1v) is 9.96. The molecule has 3 heterocycles. The molecule has 29 heavy (non-hydrogen) atoms. The molecule has 154 valence electrons. The number of hydrogen-bond acceptors (Lipinski definition) is 8. The molecular formula is C21H27N5O3. The Morgan fingerprint density at radius 2 is 1.97 bits per heavy atom. The van der Waals surface area contributed by atoms with Crippen LogP contribution in [0.2, 0.25) is 0 Å². The fourth-order valence-electron chi connectivity index (χ4n) is 4.53. The fraction of sp³-hybridized carbons (Fsp3) is 0.524. The van der Waals surface area contributed by atoms with Crippen LogP contribution in [-0.2, 0) is 9.47 Å². The van der Waals surface area contributed by atoms with Crippen molar-refractivity contribution in [2.24, 2.45) is 11.8 Å². The van der Waals surface area contributed by atoms with Gasteiger partial charge in [-0.3, -0.25) is 0 Å². The molecule has 1 N–H and O–H groups in total. The van der Waals surface area contributed by atoms with Crippen molar-refractivity contribution in [2.45, 2.75) is 31.9 Å². The minimum Gasteiger partial charge on any atom is -0.464 e. The van der Waals surface area contributed by atoms with Gasteiger partial charge in [-0.2, -0.15) is 0 Å². The van der Waals surface area contributed by atoms with Gasteiger partial charge in [0.15, 0.2) is 5.69 Å². The largest absolute Gasteiger partial charge is 0.464 e. The van der Waals surface area contributed by atoms with Crippen LogP contribution in [0.15, 0.2) is 30.5 Å². The topological polar surface area (TPSA) is 89.5 Å². The van der Waals surface area contributed by atoms with Crippen LogP contribution in [0.4, 0.5) is 11.8 Å². The summed E-state index contributed by atoms with van der Waals surface area (Å²) in [7, 11) is 3.14. The summed E-state index contributed by atoms with van der Waals surface area (Å²) >= 11 is 0. The number of nitrogens with one attached hydrogen (secondary N) is 1. The number of pyridine rings is 1. The molecule has 0 spiro atoms. The highest BCUT2D eigenvalue weighted by molar-refractivity contribution is 5.87. The zero-order valence-electron chi connectivity index (χ0n) is 17.0. The van der Waals surface area contributed by atoms with Gasteiger partial charge in [-0.25, -0.2) is 19.7 Å². The maximum atomic E-state index is 11.9. The van der Waals surface area contributed by atoms with Gasteiger partial charge >= 0.3 is 5.97 Å². The van der Waals surface area contributed by atoms with Gasteiger partial charge in [-0.15, -0.1) is 0 Å². The molecule has 0 bridgehead atoms. The van der Waals surface area contributed by atoms with Crippen molar-refractivity contribution < 1.29 is 14.3 Å². The number of aryl methyl sites for hydroxylation is 1. The van der Waals surface area contributed by atoms with E-state index in [-0.39, 0.29) is 12.1 Å². The van der Waals surface area contributed by atoms with Crippen molar-refractivity contribution in [1.29, 1.82) is 0 Å². The third-order valence-corrected chi connectivity index (χ3v) is 5.94. The Bertz CT molecular complexity index is 863. The molecule has 2 aliphatic rings. The SMILES string of the molecule is COC(=O)c1cc(C)nc(N2C[C@H]3C[C@@H](Nc4ccccn4)[C@H](OC)C[C@H]3C2)n1. The minimum atomic E-state index is -0.438. The van der Waals surface area contributed by atoms with Crippen LogP contribution >= 0.6 is 0 Å². The second-order valence-electron chi connectivity index (χ2n) is 7.82. The summed E-state index contributed by atoms with van der Waals surface area (Å²) in [5.74, 6) is 2.05. The average Bonchev–Trinajstić information content (AvgIpc) is 3.16. The van der Waals surface area contributed by atoms with Gasteiger partial charge in [0.1, 0.15) is 5.82 Å². The lowest BCUT2D eigenvalue weighted by atomic mass is 9.77. The van der Waals surface area contributed by atoms with Crippen LogP contribution in [-0.4, -0.2) is 60.4 Å². The second kappa shape index (κ2) is 8.32. The predicted molar refractivity (Wildman–Crippen MR) is 109 cm³/mol. The average molecular weight is 397 g/mol. The molecule has 1 saturated heterocycles. The van der Waals surface area contributed by atoms with Gasteiger partial charge in [0.05, 0.1) is 19.3 Å². The number of rotatable bonds is 5. The summed E-state index contributed by atoms with van der Waals surface area (Å²) in [4.78, 5) is 27.5. The van der Waals surface area contributed by atoms with E-state index in [1.165, 1.54) is 7.11 Å². The number of carbonyl (C=O) groups excluding carboxylic acids is 1. The van der Waals surface area contributed by atoms with E-state index in [0.29, 0.717) is 23.5 Å².